The third kappa shape index (κ3) is 6.59. The molecule has 0 aliphatic rings. The number of hydrogen-bond donors (Lipinski definition) is 0. The molecule has 2 atom stereocenters. The van der Waals surface area contributed by atoms with E-state index in [0.29, 0.717) is 12.5 Å². The highest BCUT2D eigenvalue weighted by atomic mass is 28.3. The van der Waals surface area contributed by atoms with Crippen LogP contribution in [0, 0.1) is 22.9 Å². The molecule has 0 N–H and O–H groups in total. The number of rotatable bonds is 6. The number of benzene rings is 3. The average molecular weight is 427 g/mol. The summed E-state index contributed by atoms with van der Waals surface area (Å²) in [4.78, 5) is 0. The van der Waals surface area contributed by atoms with Crippen LogP contribution in [0.4, 0.5) is 0 Å². The summed E-state index contributed by atoms with van der Waals surface area (Å²) in [6.45, 7) is 0. The van der Waals surface area contributed by atoms with E-state index in [-0.39, 0.29) is 0 Å². The van der Waals surface area contributed by atoms with Gasteiger partial charge in [0.05, 0.1) is 12.5 Å². The van der Waals surface area contributed by atoms with Crippen molar-refractivity contribution >= 4 is 28.0 Å². The Balaban J connectivity index is 1.73. The number of methoxy groups -OCH3 is 2. The van der Waals surface area contributed by atoms with Gasteiger partial charge in [-0.15, -0.1) is 11.1 Å². The second kappa shape index (κ2) is 12.0. The number of ether oxygens (including phenoxy) is 2. The maximum absolute atomic E-state index is 5.41. The van der Waals surface area contributed by atoms with Crippen molar-refractivity contribution in [1.29, 1.82) is 0 Å². The molecule has 0 spiro atoms. The van der Waals surface area contributed by atoms with Gasteiger partial charge in [-0.05, 0) is 34.6 Å². The van der Waals surface area contributed by atoms with Crippen LogP contribution in [0.2, 0.25) is 0 Å². The Kier molecular flexibility index (Phi) is 8.71. The summed E-state index contributed by atoms with van der Waals surface area (Å²) in [5, 5.41) is 2.62. The second-order valence-corrected chi connectivity index (χ2v) is 11.7. The molecule has 150 valence electrons. The number of hydrogen-bond acceptors (Lipinski definition) is 2. The lowest BCUT2D eigenvalue weighted by Crippen LogP contribution is -2.33. The van der Waals surface area contributed by atoms with E-state index in [2.05, 4.69) is 95.7 Å². The average Bonchev–Trinajstić information content (AvgIpc) is 2.81. The van der Waals surface area contributed by atoms with Gasteiger partial charge in [0.1, 0.15) is 0 Å². The van der Waals surface area contributed by atoms with E-state index in [1.54, 1.807) is 14.2 Å². The van der Waals surface area contributed by atoms with Crippen molar-refractivity contribution < 1.29 is 9.47 Å². The SMILES string of the molecule is COC[SiH](C#Cc1ccc(C#C[SiH](COC)c2ccccc2)cc1)c1ccccc1. The van der Waals surface area contributed by atoms with E-state index in [4.69, 9.17) is 9.47 Å². The minimum atomic E-state index is -1.46. The Morgan fingerprint density at radius 1 is 0.567 bits per heavy atom. The standard InChI is InChI=1S/C26H26O2Si2/c1-27-21-29(25-9-5-3-6-10-25)19-17-23-13-15-24(16-14-23)18-20-30(22-28-2)26-11-7-4-8-12-26/h3-16,29-30H,21-22H2,1-2H3. The summed E-state index contributed by atoms with van der Waals surface area (Å²) >= 11 is 0. The fraction of sp³-hybridized carbons (Fsp3) is 0.154. The molecule has 2 nitrogen and oxygen atoms in total. The highest BCUT2D eigenvalue weighted by Gasteiger charge is 2.10. The lowest BCUT2D eigenvalue weighted by Gasteiger charge is -2.07. The molecule has 0 bridgehead atoms. The molecular formula is C26H26O2Si2. The molecule has 0 fully saturated rings. The van der Waals surface area contributed by atoms with Crippen LogP contribution in [-0.4, -0.2) is 44.3 Å². The van der Waals surface area contributed by atoms with Gasteiger partial charge < -0.3 is 9.47 Å². The molecule has 0 aromatic heterocycles. The maximum atomic E-state index is 5.41. The van der Waals surface area contributed by atoms with Gasteiger partial charge in [-0.2, -0.15) is 0 Å². The molecule has 0 aliphatic heterocycles. The van der Waals surface area contributed by atoms with Crippen molar-refractivity contribution in [3.05, 3.63) is 96.1 Å². The molecule has 4 heteroatoms. The van der Waals surface area contributed by atoms with Crippen molar-refractivity contribution in [3.8, 4) is 22.9 Å². The monoisotopic (exact) mass is 426 g/mol. The lowest BCUT2D eigenvalue weighted by atomic mass is 10.1. The quantitative estimate of drug-likeness (QED) is 0.444. The molecule has 0 heterocycles. The van der Waals surface area contributed by atoms with E-state index >= 15 is 0 Å². The van der Waals surface area contributed by atoms with Crippen LogP contribution in [0.15, 0.2) is 84.9 Å². The predicted octanol–water partition coefficient (Wildman–Crippen LogP) is 2.11. The van der Waals surface area contributed by atoms with Gasteiger partial charge in [-0.3, -0.25) is 0 Å². The lowest BCUT2D eigenvalue weighted by molar-refractivity contribution is 0.251. The second-order valence-electron chi connectivity index (χ2n) is 6.95. The van der Waals surface area contributed by atoms with Crippen LogP contribution in [0.3, 0.4) is 0 Å². The van der Waals surface area contributed by atoms with Gasteiger partial charge in [0.25, 0.3) is 0 Å². The van der Waals surface area contributed by atoms with Crippen molar-refractivity contribution in [2.24, 2.45) is 0 Å². The Bertz CT molecular complexity index is 940. The normalized spacial score (nSPS) is 12.1. The first kappa shape index (κ1) is 21.8. The molecule has 3 aromatic rings. The van der Waals surface area contributed by atoms with Crippen molar-refractivity contribution in [2.45, 2.75) is 0 Å². The van der Waals surface area contributed by atoms with Crippen LogP contribution < -0.4 is 10.4 Å². The molecule has 2 unspecified atom stereocenters. The van der Waals surface area contributed by atoms with Gasteiger partial charge in [-0.25, -0.2) is 0 Å². The third-order valence-corrected chi connectivity index (χ3v) is 9.44. The molecule has 3 aromatic carbocycles. The molecule has 0 amide bonds. The first-order valence-corrected chi connectivity index (χ1v) is 14.0. The molecule has 30 heavy (non-hydrogen) atoms. The minimum absolute atomic E-state index is 0.714. The molecular weight excluding hydrogens is 400 g/mol. The van der Waals surface area contributed by atoms with E-state index in [9.17, 15) is 0 Å². The Morgan fingerprint density at radius 3 is 1.27 bits per heavy atom. The van der Waals surface area contributed by atoms with E-state index in [0.717, 1.165) is 11.1 Å². The molecule has 0 saturated carbocycles. The summed E-state index contributed by atoms with van der Waals surface area (Å²) in [6.07, 6.45) is 1.43. The largest absolute Gasteiger partial charge is 0.387 e. The molecule has 0 aliphatic carbocycles. The Labute approximate surface area is 183 Å². The van der Waals surface area contributed by atoms with Crippen LogP contribution in [-0.2, 0) is 9.47 Å². The summed E-state index contributed by atoms with van der Waals surface area (Å²) in [5.41, 5.74) is 8.98. The van der Waals surface area contributed by atoms with Crippen molar-refractivity contribution in [1.82, 2.24) is 0 Å². The van der Waals surface area contributed by atoms with Crippen LogP contribution in [0.25, 0.3) is 0 Å². The highest BCUT2D eigenvalue weighted by Crippen LogP contribution is 2.02. The first-order chi connectivity index (χ1) is 14.8. The van der Waals surface area contributed by atoms with E-state index < -0.39 is 17.6 Å². The highest BCUT2D eigenvalue weighted by molar-refractivity contribution is 6.81. The van der Waals surface area contributed by atoms with Crippen LogP contribution in [0.1, 0.15) is 11.1 Å². The summed E-state index contributed by atoms with van der Waals surface area (Å²) in [7, 11) is 0.560. The molecule has 0 saturated heterocycles. The van der Waals surface area contributed by atoms with Crippen LogP contribution >= 0.6 is 0 Å². The maximum Gasteiger partial charge on any atom is 0.180 e. The third-order valence-electron chi connectivity index (χ3n) is 4.74. The molecule has 3 rings (SSSR count). The van der Waals surface area contributed by atoms with Gasteiger partial charge in [-0.1, -0.05) is 72.5 Å². The fourth-order valence-corrected chi connectivity index (χ4v) is 6.73. The minimum Gasteiger partial charge on any atom is -0.387 e. The summed E-state index contributed by atoms with van der Waals surface area (Å²) < 4.78 is 10.8. The van der Waals surface area contributed by atoms with Gasteiger partial charge in [0.15, 0.2) is 17.6 Å². The zero-order valence-corrected chi connectivity index (χ0v) is 19.8. The first-order valence-electron chi connectivity index (χ1n) is 10.0. The zero-order valence-electron chi connectivity index (χ0n) is 17.5. The topological polar surface area (TPSA) is 18.5 Å². The molecule has 0 radical (unpaired) electrons. The van der Waals surface area contributed by atoms with Gasteiger partial charge in [0, 0.05) is 25.3 Å². The van der Waals surface area contributed by atoms with E-state index in [1.807, 2.05) is 12.1 Å². The predicted molar refractivity (Wildman–Crippen MR) is 130 cm³/mol. The Hall–Kier alpha value is -2.87. The van der Waals surface area contributed by atoms with Gasteiger partial charge >= 0.3 is 0 Å². The zero-order chi connectivity index (χ0) is 21.0. The summed E-state index contributed by atoms with van der Waals surface area (Å²) in [5.74, 6) is 6.68. The summed E-state index contributed by atoms with van der Waals surface area (Å²) in [6, 6.07) is 29.1. The van der Waals surface area contributed by atoms with Crippen LogP contribution in [0.5, 0.6) is 0 Å². The van der Waals surface area contributed by atoms with E-state index in [1.165, 1.54) is 10.4 Å². The van der Waals surface area contributed by atoms with Crippen molar-refractivity contribution in [2.75, 3.05) is 26.7 Å². The van der Waals surface area contributed by atoms with Crippen molar-refractivity contribution in [3.63, 3.8) is 0 Å². The smallest absolute Gasteiger partial charge is 0.180 e. The Morgan fingerprint density at radius 2 is 0.933 bits per heavy atom. The fourth-order valence-electron chi connectivity index (χ4n) is 3.12. The van der Waals surface area contributed by atoms with Gasteiger partial charge in [0.2, 0.25) is 0 Å².